The van der Waals surface area contributed by atoms with E-state index in [1.54, 1.807) is 12.1 Å². The summed E-state index contributed by atoms with van der Waals surface area (Å²) < 4.78 is 23.6. The van der Waals surface area contributed by atoms with E-state index >= 15 is 0 Å². The molecular weight excluding hydrogens is 409 g/mol. The number of nitrogens with zero attached hydrogens (tertiary/aromatic N) is 2. The van der Waals surface area contributed by atoms with Crippen molar-refractivity contribution in [3.63, 3.8) is 0 Å². The number of aromatic nitrogens is 1. The first kappa shape index (κ1) is 21.6. The Labute approximate surface area is 176 Å². The Hall–Kier alpha value is -4.08. The van der Waals surface area contributed by atoms with Gasteiger partial charge in [0.25, 0.3) is 11.6 Å². The monoisotopic (exact) mass is 427 g/mol. The number of nitro benzene ring substituents is 1. The smallest absolute Gasteiger partial charge is 0.307 e. The van der Waals surface area contributed by atoms with Crippen LogP contribution in [0.15, 0.2) is 59.1 Å². The predicted octanol–water partition coefficient (Wildman–Crippen LogP) is 3.89. The zero-order valence-electron chi connectivity index (χ0n) is 16.4. The van der Waals surface area contributed by atoms with Gasteiger partial charge in [-0.05, 0) is 37.3 Å². The Balaban J connectivity index is 1.49. The Morgan fingerprint density at radius 1 is 1.26 bits per heavy atom. The van der Waals surface area contributed by atoms with Crippen LogP contribution in [0.1, 0.15) is 19.2 Å². The zero-order chi connectivity index (χ0) is 22.4. The lowest BCUT2D eigenvalue weighted by Crippen LogP contribution is -2.30. The summed E-state index contributed by atoms with van der Waals surface area (Å²) in [5.74, 6) is -0.889. The van der Waals surface area contributed by atoms with E-state index in [1.807, 2.05) is 0 Å². The minimum atomic E-state index is -1.11. The number of oxazole rings is 1. The number of non-ortho nitro benzene ring substituents is 1. The van der Waals surface area contributed by atoms with Crippen molar-refractivity contribution in [3.05, 3.63) is 76.6 Å². The van der Waals surface area contributed by atoms with E-state index in [2.05, 4.69) is 10.3 Å². The van der Waals surface area contributed by atoms with Gasteiger partial charge in [0.1, 0.15) is 5.82 Å². The second kappa shape index (κ2) is 9.61. The van der Waals surface area contributed by atoms with Crippen LogP contribution in [0.5, 0.6) is 0 Å². The number of esters is 1. The fraction of sp³-hybridized carbons (Fsp3) is 0.190. The summed E-state index contributed by atoms with van der Waals surface area (Å²) in [4.78, 5) is 38.5. The molecule has 1 unspecified atom stereocenters. The Morgan fingerprint density at radius 3 is 2.71 bits per heavy atom. The molecule has 0 aliphatic rings. The van der Waals surface area contributed by atoms with Gasteiger partial charge in [-0.2, -0.15) is 0 Å². The van der Waals surface area contributed by atoms with Gasteiger partial charge >= 0.3 is 5.97 Å². The van der Waals surface area contributed by atoms with Crippen LogP contribution in [0.3, 0.4) is 0 Å². The number of nitro groups is 1. The van der Waals surface area contributed by atoms with E-state index in [0.717, 1.165) is 0 Å². The van der Waals surface area contributed by atoms with E-state index in [9.17, 15) is 24.1 Å². The molecule has 160 valence electrons. The number of anilines is 1. The molecule has 0 aliphatic carbocycles. The van der Waals surface area contributed by atoms with Crippen molar-refractivity contribution in [1.29, 1.82) is 0 Å². The first-order valence-electron chi connectivity index (χ1n) is 9.27. The second-order valence-electron chi connectivity index (χ2n) is 6.55. The average molecular weight is 427 g/mol. The molecule has 1 aromatic heterocycles. The highest BCUT2D eigenvalue weighted by Crippen LogP contribution is 2.21. The van der Waals surface area contributed by atoms with Gasteiger partial charge in [-0.1, -0.05) is 6.07 Å². The van der Waals surface area contributed by atoms with Crippen molar-refractivity contribution in [2.45, 2.75) is 25.9 Å². The molecule has 1 atom stereocenters. The summed E-state index contributed by atoms with van der Waals surface area (Å²) >= 11 is 0. The van der Waals surface area contributed by atoms with E-state index in [4.69, 9.17) is 9.15 Å². The minimum absolute atomic E-state index is 0.0716. The molecule has 3 aromatic rings. The van der Waals surface area contributed by atoms with Crippen molar-refractivity contribution >= 4 is 23.3 Å². The first-order valence-corrected chi connectivity index (χ1v) is 9.27. The van der Waals surface area contributed by atoms with Gasteiger partial charge in [0.05, 0.1) is 17.5 Å². The highest BCUT2D eigenvalue weighted by Gasteiger charge is 2.19. The van der Waals surface area contributed by atoms with Gasteiger partial charge in [0.2, 0.25) is 0 Å². The maximum Gasteiger partial charge on any atom is 0.307 e. The second-order valence-corrected chi connectivity index (χ2v) is 6.55. The number of ether oxygens (including phenoxy) is 1. The van der Waals surface area contributed by atoms with Gasteiger partial charge < -0.3 is 14.5 Å². The first-order chi connectivity index (χ1) is 14.8. The van der Waals surface area contributed by atoms with Crippen molar-refractivity contribution in [1.82, 2.24) is 4.98 Å². The molecule has 1 heterocycles. The minimum Gasteiger partial charge on any atom is -0.453 e. The molecule has 0 radical (unpaired) electrons. The van der Waals surface area contributed by atoms with Crippen LogP contribution in [0.25, 0.3) is 11.3 Å². The van der Waals surface area contributed by atoms with Crippen LogP contribution in [0, 0.1) is 15.9 Å². The summed E-state index contributed by atoms with van der Waals surface area (Å²) in [6, 6.07) is 11.1. The number of halogens is 1. The third-order valence-corrected chi connectivity index (χ3v) is 4.23. The van der Waals surface area contributed by atoms with Crippen LogP contribution >= 0.6 is 0 Å². The summed E-state index contributed by atoms with van der Waals surface area (Å²) in [6.45, 7) is 1.39. The summed E-state index contributed by atoms with van der Waals surface area (Å²) in [6.07, 6.45) is 0.450. The standard InChI is InChI=1S/C21H18FN3O6/c1-13(21(27)24-16-3-2-4-17(11-16)25(28)29)30-20(26)10-9-19-23-12-18(31-19)14-5-7-15(22)8-6-14/h2-8,11-13H,9-10H2,1H3,(H,24,27). The molecule has 0 saturated heterocycles. The molecule has 9 nitrogen and oxygen atoms in total. The lowest BCUT2D eigenvalue weighted by molar-refractivity contribution is -0.384. The fourth-order valence-electron chi connectivity index (χ4n) is 2.63. The SMILES string of the molecule is CC(OC(=O)CCc1ncc(-c2ccc(F)cc2)o1)C(=O)Nc1cccc([N+](=O)[O-])c1. The van der Waals surface area contributed by atoms with E-state index in [-0.39, 0.29) is 30.0 Å². The lowest BCUT2D eigenvalue weighted by Gasteiger charge is -2.13. The van der Waals surface area contributed by atoms with Crippen molar-refractivity contribution in [2.24, 2.45) is 0 Å². The third kappa shape index (κ3) is 5.95. The summed E-state index contributed by atoms with van der Waals surface area (Å²) in [5, 5.41) is 13.3. The molecule has 0 aliphatic heterocycles. The largest absolute Gasteiger partial charge is 0.453 e. The predicted molar refractivity (Wildman–Crippen MR) is 107 cm³/mol. The van der Waals surface area contributed by atoms with Crippen LogP contribution < -0.4 is 5.32 Å². The molecular formula is C21H18FN3O6. The molecule has 31 heavy (non-hydrogen) atoms. The molecule has 0 spiro atoms. The Kier molecular flexibility index (Phi) is 6.71. The van der Waals surface area contributed by atoms with Crippen molar-refractivity contribution in [3.8, 4) is 11.3 Å². The molecule has 3 rings (SSSR count). The lowest BCUT2D eigenvalue weighted by atomic mass is 10.2. The number of carbonyl (C=O) groups is 2. The Bertz CT molecular complexity index is 1100. The van der Waals surface area contributed by atoms with E-state index in [1.165, 1.54) is 49.5 Å². The maximum absolute atomic E-state index is 13.0. The van der Waals surface area contributed by atoms with Gasteiger partial charge in [-0.25, -0.2) is 9.37 Å². The van der Waals surface area contributed by atoms with Crippen molar-refractivity contribution in [2.75, 3.05) is 5.32 Å². The number of nitrogens with one attached hydrogen (secondary N) is 1. The number of hydrogen-bond acceptors (Lipinski definition) is 7. The third-order valence-electron chi connectivity index (χ3n) is 4.23. The molecule has 0 saturated carbocycles. The van der Waals surface area contributed by atoms with Crippen LogP contribution in [0.2, 0.25) is 0 Å². The highest BCUT2D eigenvalue weighted by atomic mass is 19.1. The van der Waals surface area contributed by atoms with Gasteiger partial charge in [-0.15, -0.1) is 0 Å². The molecule has 1 N–H and O–H groups in total. The number of amides is 1. The summed E-state index contributed by atoms with van der Waals surface area (Å²) in [7, 11) is 0. The fourth-order valence-corrected chi connectivity index (χ4v) is 2.63. The molecule has 0 fully saturated rings. The van der Waals surface area contributed by atoms with E-state index < -0.39 is 22.9 Å². The van der Waals surface area contributed by atoms with Crippen LogP contribution in [-0.4, -0.2) is 27.9 Å². The normalized spacial score (nSPS) is 11.5. The number of rotatable bonds is 8. The summed E-state index contributed by atoms with van der Waals surface area (Å²) in [5.41, 5.74) is 0.692. The average Bonchev–Trinajstić information content (AvgIpc) is 3.22. The molecule has 1 amide bonds. The quantitative estimate of drug-likeness (QED) is 0.328. The number of carbonyl (C=O) groups excluding carboxylic acids is 2. The van der Waals surface area contributed by atoms with E-state index in [0.29, 0.717) is 17.2 Å². The molecule has 2 aromatic carbocycles. The highest BCUT2D eigenvalue weighted by molar-refractivity contribution is 5.95. The topological polar surface area (TPSA) is 125 Å². The van der Waals surface area contributed by atoms with Crippen LogP contribution in [-0.2, 0) is 20.7 Å². The van der Waals surface area contributed by atoms with Crippen LogP contribution in [0.4, 0.5) is 15.8 Å². The van der Waals surface area contributed by atoms with Crippen molar-refractivity contribution < 1.29 is 28.1 Å². The number of aryl methyl sites for hydroxylation is 1. The maximum atomic E-state index is 13.0. The van der Waals surface area contributed by atoms with Gasteiger partial charge in [0, 0.05) is 29.8 Å². The number of benzene rings is 2. The molecule has 10 heteroatoms. The number of hydrogen-bond donors (Lipinski definition) is 1. The van der Waals surface area contributed by atoms with Gasteiger partial charge in [-0.3, -0.25) is 19.7 Å². The Morgan fingerprint density at radius 2 is 2.00 bits per heavy atom. The van der Waals surface area contributed by atoms with Gasteiger partial charge in [0.15, 0.2) is 17.8 Å². The molecule has 0 bridgehead atoms. The zero-order valence-corrected chi connectivity index (χ0v) is 16.4.